The summed E-state index contributed by atoms with van der Waals surface area (Å²) in [6.07, 6.45) is 1.78. The molecule has 7 heteroatoms. The van der Waals surface area contributed by atoms with E-state index in [1.54, 1.807) is 24.6 Å². The van der Waals surface area contributed by atoms with E-state index in [9.17, 15) is 0 Å². The normalized spacial score (nSPS) is 11.7. The van der Waals surface area contributed by atoms with Crippen molar-refractivity contribution in [2.24, 2.45) is 4.99 Å². The number of nitrogens with one attached hydrogen (secondary N) is 2. The Morgan fingerprint density at radius 2 is 1.89 bits per heavy atom. The van der Waals surface area contributed by atoms with Crippen LogP contribution in [0.2, 0.25) is 0 Å². The number of pyridine rings is 1. The molecule has 0 unspecified atom stereocenters. The van der Waals surface area contributed by atoms with Gasteiger partial charge in [0.2, 0.25) is 0 Å². The summed E-state index contributed by atoms with van der Waals surface area (Å²) in [6.45, 7) is 1.14. The number of furan rings is 1. The zero-order valence-electron chi connectivity index (χ0n) is 14.8. The number of nitrogens with zero attached hydrogens (tertiary/aromatic N) is 3. The Hall–Kier alpha value is -3.19. The van der Waals surface area contributed by atoms with Crippen LogP contribution in [-0.2, 0) is 13.1 Å². The largest absolute Gasteiger partial charge is 0.457 e. The lowest BCUT2D eigenvalue weighted by atomic mass is 10.3. The van der Waals surface area contributed by atoms with Gasteiger partial charge in [0.1, 0.15) is 5.76 Å². The van der Waals surface area contributed by atoms with E-state index < -0.39 is 0 Å². The van der Waals surface area contributed by atoms with Crippen molar-refractivity contribution < 1.29 is 4.42 Å². The Balaban J connectivity index is 1.37. The van der Waals surface area contributed by atoms with Crippen molar-refractivity contribution in [1.82, 2.24) is 20.6 Å². The SMILES string of the molecule is CN=C(NCc1ccccn1)NCc1ccc(-c2nc3ccccc3s2)o1. The summed E-state index contributed by atoms with van der Waals surface area (Å²) in [5.41, 5.74) is 1.95. The molecule has 0 radical (unpaired) electrons. The predicted octanol–water partition coefficient (Wildman–Crippen LogP) is 3.82. The number of fused-ring (bicyclic) bond motifs is 1. The van der Waals surface area contributed by atoms with E-state index in [-0.39, 0.29) is 0 Å². The molecule has 0 fully saturated rings. The Bertz CT molecular complexity index is 1020. The van der Waals surface area contributed by atoms with Gasteiger partial charge in [-0.1, -0.05) is 18.2 Å². The summed E-state index contributed by atoms with van der Waals surface area (Å²) in [5, 5.41) is 7.37. The first-order valence-electron chi connectivity index (χ1n) is 8.61. The van der Waals surface area contributed by atoms with Crippen LogP contribution in [0.1, 0.15) is 11.5 Å². The second kappa shape index (κ2) is 8.01. The molecule has 4 rings (SSSR count). The molecule has 0 bridgehead atoms. The third kappa shape index (κ3) is 4.15. The number of para-hydroxylation sites is 1. The molecule has 3 aromatic heterocycles. The number of thiazole rings is 1. The molecule has 1 aromatic carbocycles. The molecule has 6 nitrogen and oxygen atoms in total. The van der Waals surface area contributed by atoms with Crippen LogP contribution in [0.4, 0.5) is 0 Å². The highest BCUT2D eigenvalue weighted by Gasteiger charge is 2.10. The van der Waals surface area contributed by atoms with Crippen LogP contribution in [-0.4, -0.2) is 23.0 Å². The highest BCUT2D eigenvalue weighted by molar-refractivity contribution is 7.21. The molecule has 2 N–H and O–H groups in total. The van der Waals surface area contributed by atoms with Gasteiger partial charge >= 0.3 is 0 Å². The van der Waals surface area contributed by atoms with Crippen LogP contribution >= 0.6 is 11.3 Å². The standard InChI is InChI=1S/C20H19N5OS/c1-21-20(23-12-14-6-4-5-11-22-14)24-13-15-9-10-17(26-15)19-25-16-7-2-3-8-18(16)27-19/h2-11H,12-13H2,1H3,(H2,21,23,24). The van der Waals surface area contributed by atoms with Crippen LogP contribution in [0.25, 0.3) is 21.0 Å². The second-order valence-corrected chi connectivity index (χ2v) is 6.88. The predicted molar refractivity (Wildman–Crippen MR) is 109 cm³/mol. The topological polar surface area (TPSA) is 75.3 Å². The van der Waals surface area contributed by atoms with Crippen LogP contribution in [0, 0.1) is 0 Å². The minimum atomic E-state index is 0.535. The van der Waals surface area contributed by atoms with Gasteiger partial charge in [-0.15, -0.1) is 11.3 Å². The molecule has 3 heterocycles. The number of hydrogen-bond acceptors (Lipinski definition) is 5. The summed E-state index contributed by atoms with van der Waals surface area (Å²) in [5.74, 6) is 2.30. The molecule has 0 saturated carbocycles. The minimum absolute atomic E-state index is 0.535. The summed E-state index contributed by atoms with van der Waals surface area (Å²) in [6, 6.07) is 17.8. The molecule has 4 aromatic rings. The number of rotatable bonds is 5. The first kappa shape index (κ1) is 17.2. The van der Waals surface area contributed by atoms with Gasteiger partial charge in [-0.25, -0.2) is 4.98 Å². The molecular formula is C20H19N5OS. The molecule has 0 aliphatic carbocycles. The van der Waals surface area contributed by atoms with Gasteiger partial charge in [0.15, 0.2) is 16.7 Å². The monoisotopic (exact) mass is 377 g/mol. The van der Waals surface area contributed by atoms with Gasteiger partial charge in [0.25, 0.3) is 0 Å². The number of benzene rings is 1. The zero-order chi connectivity index (χ0) is 18.5. The van der Waals surface area contributed by atoms with Crippen molar-refractivity contribution in [2.45, 2.75) is 13.1 Å². The Kier molecular flexibility index (Phi) is 5.11. The van der Waals surface area contributed by atoms with Crippen LogP contribution in [0.5, 0.6) is 0 Å². The van der Waals surface area contributed by atoms with Gasteiger partial charge in [0.05, 0.1) is 29.0 Å². The second-order valence-electron chi connectivity index (χ2n) is 5.85. The highest BCUT2D eigenvalue weighted by Crippen LogP contribution is 2.31. The maximum atomic E-state index is 5.95. The minimum Gasteiger partial charge on any atom is -0.457 e. The van der Waals surface area contributed by atoms with Gasteiger partial charge in [0, 0.05) is 13.2 Å². The van der Waals surface area contributed by atoms with E-state index in [1.807, 2.05) is 48.5 Å². The van der Waals surface area contributed by atoms with E-state index in [4.69, 9.17) is 4.42 Å². The van der Waals surface area contributed by atoms with Crippen molar-refractivity contribution in [3.63, 3.8) is 0 Å². The Morgan fingerprint density at radius 1 is 1.04 bits per heavy atom. The fourth-order valence-electron chi connectivity index (χ4n) is 2.63. The molecule has 27 heavy (non-hydrogen) atoms. The van der Waals surface area contributed by atoms with Gasteiger partial charge < -0.3 is 15.1 Å². The lowest BCUT2D eigenvalue weighted by Crippen LogP contribution is -2.36. The maximum absolute atomic E-state index is 5.95. The van der Waals surface area contributed by atoms with Crippen LogP contribution in [0.3, 0.4) is 0 Å². The Labute approximate surface area is 161 Å². The average Bonchev–Trinajstić information content (AvgIpc) is 3.35. The van der Waals surface area contributed by atoms with E-state index in [0.717, 1.165) is 32.4 Å². The first-order chi connectivity index (χ1) is 13.3. The number of hydrogen-bond donors (Lipinski definition) is 2. The molecule has 0 aliphatic heterocycles. The van der Waals surface area contributed by atoms with Crippen molar-refractivity contribution >= 4 is 27.5 Å². The number of aromatic nitrogens is 2. The fraction of sp³-hybridized carbons (Fsp3) is 0.150. The van der Waals surface area contributed by atoms with E-state index in [0.29, 0.717) is 19.0 Å². The molecule has 0 atom stereocenters. The van der Waals surface area contributed by atoms with Crippen molar-refractivity contribution in [1.29, 1.82) is 0 Å². The highest BCUT2D eigenvalue weighted by atomic mass is 32.1. The third-order valence-corrected chi connectivity index (χ3v) is 5.03. The molecule has 0 amide bonds. The van der Waals surface area contributed by atoms with Crippen molar-refractivity contribution in [3.8, 4) is 10.8 Å². The van der Waals surface area contributed by atoms with Gasteiger partial charge in [-0.3, -0.25) is 9.98 Å². The molecular weight excluding hydrogens is 358 g/mol. The average molecular weight is 377 g/mol. The summed E-state index contributed by atoms with van der Waals surface area (Å²) < 4.78 is 7.10. The molecule has 0 aliphatic rings. The van der Waals surface area contributed by atoms with E-state index >= 15 is 0 Å². The van der Waals surface area contributed by atoms with Gasteiger partial charge in [-0.05, 0) is 36.4 Å². The lowest BCUT2D eigenvalue weighted by Gasteiger charge is -2.10. The van der Waals surface area contributed by atoms with Crippen LogP contribution in [0.15, 0.2) is 70.2 Å². The van der Waals surface area contributed by atoms with E-state index in [2.05, 4.69) is 31.7 Å². The van der Waals surface area contributed by atoms with Crippen molar-refractivity contribution in [2.75, 3.05) is 7.05 Å². The summed E-state index contributed by atoms with van der Waals surface area (Å²) in [7, 11) is 1.74. The van der Waals surface area contributed by atoms with Gasteiger partial charge in [-0.2, -0.15) is 0 Å². The molecule has 136 valence electrons. The van der Waals surface area contributed by atoms with Crippen LogP contribution < -0.4 is 10.6 Å². The zero-order valence-corrected chi connectivity index (χ0v) is 15.7. The molecule has 0 spiro atoms. The first-order valence-corrected chi connectivity index (χ1v) is 9.42. The smallest absolute Gasteiger partial charge is 0.191 e. The molecule has 0 saturated heterocycles. The quantitative estimate of drug-likeness (QED) is 0.408. The maximum Gasteiger partial charge on any atom is 0.191 e. The third-order valence-electron chi connectivity index (χ3n) is 3.98. The summed E-state index contributed by atoms with van der Waals surface area (Å²) >= 11 is 1.63. The van der Waals surface area contributed by atoms with E-state index in [1.165, 1.54) is 0 Å². The Morgan fingerprint density at radius 3 is 2.70 bits per heavy atom. The lowest BCUT2D eigenvalue weighted by molar-refractivity contribution is 0.513. The number of aliphatic imine (C=N–C) groups is 1. The van der Waals surface area contributed by atoms with Crippen molar-refractivity contribution in [3.05, 3.63) is 72.2 Å². The summed E-state index contributed by atoms with van der Waals surface area (Å²) in [4.78, 5) is 13.1. The number of guanidine groups is 1. The fourth-order valence-corrected chi connectivity index (χ4v) is 3.56.